The van der Waals surface area contributed by atoms with E-state index in [1.165, 1.54) is 11.8 Å². The van der Waals surface area contributed by atoms with E-state index in [2.05, 4.69) is 27.3 Å². The molecule has 13 heteroatoms. The van der Waals surface area contributed by atoms with E-state index in [0.29, 0.717) is 18.7 Å². The Morgan fingerprint density at radius 1 is 1.20 bits per heavy atom. The minimum absolute atomic E-state index is 0.0417. The second-order valence-electron chi connectivity index (χ2n) is 12.8. The number of carbonyl (C=O) groups excluding carboxylic acids is 4. The van der Waals surface area contributed by atoms with Gasteiger partial charge in [-0.05, 0) is 42.4 Å². The molecule has 0 aromatic heterocycles. The number of nitrogens with one attached hydrogen (secondary N) is 4. The topological polar surface area (TPSA) is 143 Å². The fraction of sp³-hybridized carbons (Fsp3) is 0.778. The van der Waals surface area contributed by atoms with E-state index in [0.717, 1.165) is 0 Å². The van der Waals surface area contributed by atoms with Crippen LogP contribution in [-0.4, -0.2) is 78.5 Å². The third-order valence-corrected chi connectivity index (χ3v) is 8.48. The Hall–Kier alpha value is -3.10. The standard InChI is InChI=1S/C27H39F3N6O4/c1-14(33-13-27(28,29)30)22(38)35-21(25(2,3)4)24(40)36-11-17-19(26(17,5)6)20(36)23(39)34-16(10-31)9-15-7-8-32-18(15)12-37/h14-17,19-21,32-33H,7-9,11,13H2,1-6H3,(H,34,39)(H,35,38)/t14-,15-,16-,17-,19-,20-,21+/m0/s1. The molecule has 0 bridgehead atoms. The number of carbonyl (C=O) groups is 3. The highest BCUT2D eigenvalue weighted by Gasteiger charge is 2.69. The van der Waals surface area contributed by atoms with E-state index in [4.69, 9.17) is 0 Å². The third-order valence-electron chi connectivity index (χ3n) is 8.48. The molecule has 0 unspecified atom stereocenters. The van der Waals surface area contributed by atoms with Crippen molar-refractivity contribution in [1.82, 2.24) is 26.2 Å². The first-order valence-electron chi connectivity index (χ1n) is 13.5. The van der Waals surface area contributed by atoms with E-state index in [1.54, 1.807) is 20.8 Å². The summed E-state index contributed by atoms with van der Waals surface area (Å²) in [5.74, 6) is -0.258. The van der Waals surface area contributed by atoms with Gasteiger partial charge in [0.25, 0.3) is 0 Å². The third kappa shape index (κ3) is 6.78. The predicted molar refractivity (Wildman–Crippen MR) is 139 cm³/mol. The first kappa shape index (κ1) is 31.4. The Kier molecular flexibility index (Phi) is 8.97. The molecule has 222 valence electrons. The van der Waals surface area contributed by atoms with Crippen LogP contribution in [0.3, 0.4) is 0 Å². The van der Waals surface area contributed by atoms with Gasteiger partial charge >= 0.3 is 6.18 Å². The van der Waals surface area contributed by atoms with Gasteiger partial charge in [-0.15, -0.1) is 0 Å². The predicted octanol–water partition coefficient (Wildman–Crippen LogP) is 1.26. The van der Waals surface area contributed by atoms with Crippen LogP contribution < -0.4 is 21.3 Å². The first-order valence-corrected chi connectivity index (χ1v) is 13.5. The van der Waals surface area contributed by atoms with Crippen LogP contribution in [0.25, 0.3) is 0 Å². The zero-order valence-electron chi connectivity index (χ0n) is 23.7. The highest BCUT2D eigenvalue weighted by Crippen LogP contribution is 2.65. The lowest BCUT2D eigenvalue weighted by molar-refractivity contribution is -0.146. The number of hydrogen-bond acceptors (Lipinski definition) is 7. The van der Waals surface area contributed by atoms with Crippen molar-refractivity contribution in [1.29, 1.82) is 5.26 Å². The molecule has 2 aliphatic heterocycles. The number of piperidine rings is 1. The molecule has 2 heterocycles. The van der Waals surface area contributed by atoms with Crippen molar-refractivity contribution in [2.45, 2.75) is 84.7 Å². The highest BCUT2D eigenvalue weighted by molar-refractivity contribution is 5.94. The van der Waals surface area contributed by atoms with E-state index in [1.807, 2.05) is 19.8 Å². The number of amides is 3. The molecule has 2 saturated heterocycles. The van der Waals surface area contributed by atoms with Crippen molar-refractivity contribution < 1.29 is 32.3 Å². The summed E-state index contributed by atoms with van der Waals surface area (Å²) in [6.45, 7) is 9.96. The number of likely N-dealkylation sites (tertiary alicyclic amines) is 1. The van der Waals surface area contributed by atoms with E-state index in [-0.39, 0.29) is 36.1 Å². The molecule has 40 heavy (non-hydrogen) atoms. The summed E-state index contributed by atoms with van der Waals surface area (Å²) in [7, 11) is 0. The normalized spacial score (nSPS) is 27.4. The van der Waals surface area contributed by atoms with Gasteiger partial charge in [0.15, 0.2) is 0 Å². The molecule has 3 aliphatic rings. The highest BCUT2D eigenvalue weighted by atomic mass is 19.4. The molecule has 1 aliphatic carbocycles. The summed E-state index contributed by atoms with van der Waals surface area (Å²) in [6, 6.07) is -2.01. The van der Waals surface area contributed by atoms with Gasteiger partial charge in [0.2, 0.25) is 17.7 Å². The number of fused-ring (bicyclic) bond motifs is 1. The van der Waals surface area contributed by atoms with Crippen LogP contribution in [0.1, 0.15) is 54.4 Å². The van der Waals surface area contributed by atoms with Crippen LogP contribution >= 0.6 is 0 Å². The monoisotopic (exact) mass is 568 g/mol. The largest absolute Gasteiger partial charge is 0.401 e. The molecular weight excluding hydrogens is 529 g/mol. The fourth-order valence-corrected chi connectivity index (χ4v) is 5.97. The van der Waals surface area contributed by atoms with Gasteiger partial charge in [-0.1, -0.05) is 34.6 Å². The Balaban J connectivity index is 1.77. The lowest BCUT2D eigenvalue weighted by Crippen LogP contribution is -2.61. The average Bonchev–Trinajstić information content (AvgIpc) is 3.24. The molecule has 0 radical (unpaired) electrons. The lowest BCUT2D eigenvalue weighted by Gasteiger charge is -2.38. The number of nitriles is 1. The molecule has 10 nitrogen and oxygen atoms in total. The number of nitrogens with zero attached hydrogens (tertiary/aromatic N) is 2. The van der Waals surface area contributed by atoms with Crippen molar-refractivity contribution in [3.8, 4) is 6.07 Å². The van der Waals surface area contributed by atoms with Gasteiger partial charge in [-0.2, -0.15) is 18.4 Å². The molecule has 3 rings (SSSR count). The maximum absolute atomic E-state index is 13.9. The number of alkyl halides is 3. The van der Waals surface area contributed by atoms with E-state index >= 15 is 0 Å². The van der Waals surface area contributed by atoms with Gasteiger partial charge in [0, 0.05) is 19.0 Å². The molecule has 7 atom stereocenters. The van der Waals surface area contributed by atoms with Gasteiger partial charge < -0.3 is 20.9 Å². The minimum atomic E-state index is -4.50. The van der Waals surface area contributed by atoms with E-state index < -0.39 is 60.0 Å². The Morgan fingerprint density at radius 2 is 1.85 bits per heavy atom. The van der Waals surface area contributed by atoms with E-state index in [9.17, 15) is 37.6 Å². The molecule has 0 spiro atoms. The quantitative estimate of drug-likeness (QED) is 0.307. The van der Waals surface area contributed by atoms with Crippen LogP contribution in [0.5, 0.6) is 0 Å². The van der Waals surface area contributed by atoms with Crippen LogP contribution in [0.4, 0.5) is 13.2 Å². The molecule has 3 amide bonds. The van der Waals surface area contributed by atoms with Crippen LogP contribution in [-0.2, 0) is 19.2 Å². The number of halogens is 3. The Morgan fingerprint density at radius 3 is 2.40 bits per heavy atom. The molecule has 1 saturated carbocycles. The molecule has 3 fully saturated rings. The van der Waals surface area contributed by atoms with Crippen LogP contribution in [0.2, 0.25) is 0 Å². The van der Waals surface area contributed by atoms with Crippen molar-refractivity contribution in [3.63, 3.8) is 0 Å². The summed E-state index contributed by atoms with van der Waals surface area (Å²) in [4.78, 5) is 52.9. The van der Waals surface area contributed by atoms with Crippen molar-refractivity contribution in [3.05, 3.63) is 5.70 Å². The van der Waals surface area contributed by atoms with Gasteiger partial charge in [0.1, 0.15) is 24.1 Å². The van der Waals surface area contributed by atoms with Crippen molar-refractivity contribution >= 4 is 23.7 Å². The maximum Gasteiger partial charge on any atom is 0.401 e. The second-order valence-corrected chi connectivity index (χ2v) is 12.8. The van der Waals surface area contributed by atoms with Crippen LogP contribution in [0, 0.1) is 39.9 Å². The molecule has 0 aromatic carbocycles. The number of hydrogen-bond donors (Lipinski definition) is 4. The second kappa shape index (κ2) is 11.4. The van der Waals surface area contributed by atoms with Gasteiger partial charge in [0.05, 0.1) is 24.4 Å². The van der Waals surface area contributed by atoms with Crippen molar-refractivity contribution in [2.24, 2.45) is 28.6 Å². The summed E-state index contributed by atoms with van der Waals surface area (Å²) >= 11 is 0. The summed E-state index contributed by atoms with van der Waals surface area (Å²) in [6.07, 6.45) is -3.65. The molecular formula is C27H39F3N6O4. The summed E-state index contributed by atoms with van der Waals surface area (Å²) in [5.41, 5.74) is -0.652. The van der Waals surface area contributed by atoms with Gasteiger partial charge in [-0.3, -0.25) is 19.7 Å². The maximum atomic E-state index is 13.9. The Labute approximate surface area is 232 Å². The average molecular weight is 569 g/mol. The number of allylic oxidation sites excluding steroid dienone is 1. The molecule has 4 N–H and O–H groups in total. The summed E-state index contributed by atoms with van der Waals surface area (Å²) < 4.78 is 37.9. The smallest absolute Gasteiger partial charge is 0.379 e. The molecule has 0 aromatic rings. The van der Waals surface area contributed by atoms with Crippen LogP contribution in [0.15, 0.2) is 5.70 Å². The lowest BCUT2D eigenvalue weighted by atomic mass is 9.85. The zero-order chi connectivity index (χ0) is 30.2. The minimum Gasteiger partial charge on any atom is -0.379 e. The SMILES string of the molecule is C[C@H](NCC(F)(F)F)C(=O)N[C@H](C(=O)N1C[C@H]2[C@@H]([C@H]1C(=O)N[C@H](C#N)C[C@@H]1CCNC1=C=O)C2(C)C)C(C)(C)C. The zero-order valence-corrected chi connectivity index (χ0v) is 23.7. The first-order chi connectivity index (χ1) is 18.4. The Bertz CT molecular complexity index is 1110. The van der Waals surface area contributed by atoms with Gasteiger partial charge in [-0.25, -0.2) is 4.79 Å². The van der Waals surface area contributed by atoms with Crippen molar-refractivity contribution in [2.75, 3.05) is 19.6 Å². The number of rotatable bonds is 9. The fourth-order valence-electron chi connectivity index (χ4n) is 5.97. The summed E-state index contributed by atoms with van der Waals surface area (Å²) in [5, 5.41) is 20.1.